The molecule has 1 aromatic carbocycles. The van der Waals surface area contributed by atoms with Crippen LogP contribution in [0.5, 0.6) is 0 Å². The number of amides is 4. The van der Waals surface area contributed by atoms with Gasteiger partial charge in [0.2, 0.25) is 5.91 Å². The number of rotatable bonds is 6. The van der Waals surface area contributed by atoms with E-state index in [1.54, 1.807) is 4.90 Å². The van der Waals surface area contributed by atoms with Gasteiger partial charge in [-0.05, 0) is 25.3 Å². The van der Waals surface area contributed by atoms with Crippen molar-refractivity contribution >= 4 is 17.8 Å². The van der Waals surface area contributed by atoms with Crippen LogP contribution < -0.4 is 5.32 Å². The number of carbonyl (C=O) groups excluding carboxylic acids is 3. The molecule has 1 aliphatic heterocycles. The molecule has 1 N–H and O–H groups in total. The molecule has 6 nitrogen and oxygen atoms in total. The smallest absolute Gasteiger partial charge is 0.325 e. The normalized spacial score (nSPS) is 18.9. The summed E-state index contributed by atoms with van der Waals surface area (Å²) in [6.45, 7) is 3.22. The molecule has 0 atom stereocenters. The van der Waals surface area contributed by atoms with E-state index in [2.05, 4.69) is 5.32 Å². The van der Waals surface area contributed by atoms with Gasteiger partial charge < -0.3 is 10.2 Å². The predicted molar refractivity (Wildman–Crippen MR) is 98.2 cm³/mol. The molecule has 2 aliphatic rings. The van der Waals surface area contributed by atoms with Gasteiger partial charge in [0.1, 0.15) is 5.54 Å². The maximum absolute atomic E-state index is 12.8. The van der Waals surface area contributed by atoms with Gasteiger partial charge in [-0.15, -0.1) is 0 Å². The van der Waals surface area contributed by atoms with E-state index in [0.29, 0.717) is 25.9 Å². The average Bonchev–Trinajstić information content (AvgIpc) is 2.88. The second-order valence-electron chi connectivity index (χ2n) is 7.17. The van der Waals surface area contributed by atoms with Crippen molar-refractivity contribution in [3.8, 4) is 0 Å². The molecule has 0 aromatic heterocycles. The van der Waals surface area contributed by atoms with E-state index in [1.165, 1.54) is 4.90 Å². The van der Waals surface area contributed by atoms with Crippen LogP contribution >= 0.6 is 0 Å². The first-order chi connectivity index (χ1) is 12.6. The highest BCUT2D eigenvalue weighted by Gasteiger charge is 2.51. The van der Waals surface area contributed by atoms with Gasteiger partial charge in [-0.25, -0.2) is 4.79 Å². The summed E-state index contributed by atoms with van der Waals surface area (Å²) >= 11 is 0. The van der Waals surface area contributed by atoms with E-state index in [1.807, 2.05) is 37.3 Å². The van der Waals surface area contributed by atoms with Gasteiger partial charge in [0.25, 0.3) is 5.91 Å². The summed E-state index contributed by atoms with van der Waals surface area (Å²) in [4.78, 5) is 40.6. The Kier molecular flexibility index (Phi) is 5.59. The van der Waals surface area contributed by atoms with E-state index < -0.39 is 5.54 Å². The maximum atomic E-state index is 12.8. The zero-order valence-electron chi connectivity index (χ0n) is 15.4. The molecule has 2 fully saturated rings. The third-order valence-electron chi connectivity index (χ3n) is 5.45. The summed E-state index contributed by atoms with van der Waals surface area (Å²) in [6.07, 6.45) is 4.59. The van der Waals surface area contributed by atoms with E-state index in [-0.39, 0.29) is 30.8 Å². The second kappa shape index (κ2) is 7.89. The highest BCUT2D eigenvalue weighted by atomic mass is 16.2. The fourth-order valence-corrected chi connectivity index (χ4v) is 3.92. The monoisotopic (exact) mass is 357 g/mol. The lowest BCUT2D eigenvalue weighted by Gasteiger charge is -2.30. The first kappa shape index (κ1) is 18.4. The lowest BCUT2D eigenvalue weighted by molar-refractivity contribution is -0.134. The molecule has 1 heterocycles. The number of nitrogens with one attached hydrogen (secondary N) is 1. The molecule has 4 amide bonds. The van der Waals surface area contributed by atoms with Crippen molar-refractivity contribution in [2.24, 2.45) is 0 Å². The van der Waals surface area contributed by atoms with Crippen molar-refractivity contribution in [3.63, 3.8) is 0 Å². The Balaban J connectivity index is 1.58. The van der Waals surface area contributed by atoms with Crippen LogP contribution in [0.3, 0.4) is 0 Å². The van der Waals surface area contributed by atoms with Gasteiger partial charge in [-0.3, -0.25) is 14.5 Å². The summed E-state index contributed by atoms with van der Waals surface area (Å²) in [5.41, 5.74) is 0.353. The maximum Gasteiger partial charge on any atom is 0.325 e. The number of benzene rings is 1. The lowest BCUT2D eigenvalue weighted by atomic mass is 9.82. The third kappa shape index (κ3) is 3.74. The quantitative estimate of drug-likeness (QED) is 0.796. The highest BCUT2D eigenvalue weighted by molar-refractivity contribution is 6.07. The zero-order chi connectivity index (χ0) is 18.6. The molecule has 0 bridgehead atoms. The highest BCUT2D eigenvalue weighted by Crippen LogP contribution is 2.33. The van der Waals surface area contributed by atoms with Crippen LogP contribution in [0.2, 0.25) is 0 Å². The van der Waals surface area contributed by atoms with Crippen LogP contribution in [0.4, 0.5) is 4.79 Å². The van der Waals surface area contributed by atoms with Crippen molar-refractivity contribution in [2.75, 3.05) is 13.1 Å². The Hall–Kier alpha value is -2.37. The number of urea groups is 1. The summed E-state index contributed by atoms with van der Waals surface area (Å²) < 4.78 is 0. The largest absolute Gasteiger partial charge is 0.339 e. The van der Waals surface area contributed by atoms with Crippen LogP contribution in [-0.2, 0) is 16.1 Å². The average molecular weight is 357 g/mol. The van der Waals surface area contributed by atoms with E-state index >= 15 is 0 Å². The minimum absolute atomic E-state index is 0.0402. The zero-order valence-corrected chi connectivity index (χ0v) is 15.4. The number of carbonyl (C=O) groups is 3. The van der Waals surface area contributed by atoms with E-state index in [4.69, 9.17) is 0 Å². The molecule has 6 heteroatoms. The summed E-state index contributed by atoms with van der Waals surface area (Å²) in [5.74, 6) is -0.192. The van der Waals surface area contributed by atoms with Crippen molar-refractivity contribution in [1.29, 1.82) is 0 Å². The fraction of sp³-hybridized carbons (Fsp3) is 0.550. The van der Waals surface area contributed by atoms with Gasteiger partial charge in [0.05, 0.1) is 0 Å². The summed E-state index contributed by atoms with van der Waals surface area (Å²) in [7, 11) is 0. The topological polar surface area (TPSA) is 69.7 Å². The first-order valence-corrected chi connectivity index (χ1v) is 9.51. The van der Waals surface area contributed by atoms with Crippen molar-refractivity contribution in [1.82, 2.24) is 15.1 Å². The Morgan fingerprint density at radius 2 is 1.85 bits per heavy atom. The van der Waals surface area contributed by atoms with Crippen LogP contribution in [0.1, 0.15) is 51.0 Å². The lowest BCUT2D eigenvalue weighted by Crippen LogP contribution is -2.48. The van der Waals surface area contributed by atoms with E-state index in [9.17, 15) is 14.4 Å². The molecular weight excluding hydrogens is 330 g/mol. The van der Waals surface area contributed by atoms with Crippen molar-refractivity contribution < 1.29 is 14.4 Å². The number of hydrogen-bond acceptors (Lipinski definition) is 3. The molecule has 0 unspecified atom stereocenters. The van der Waals surface area contributed by atoms with Crippen LogP contribution in [0.25, 0.3) is 0 Å². The van der Waals surface area contributed by atoms with E-state index in [0.717, 1.165) is 24.8 Å². The predicted octanol–water partition coefficient (Wildman–Crippen LogP) is 2.68. The Morgan fingerprint density at radius 3 is 2.50 bits per heavy atom. The number of hydrogen-bond donors (Lipinski definition) is 1. The van der Waals surface area contributed by atoms with Crippen molar-refractivity contribution in [3.05, 3.63) is 35.9 Å². The molecule has 140 valence electrons. The molecule has 0 radical (unpaired) electrons. The fourth-order valence-electron chi connectivity index (χ4n) is 3.92. The second-order valence-corrected chi connectivity index (χ2v) is 7.17. The molecule has 3 rings (SSSR count). The molecular formula is C20H27N3O3. The molecule has 1 spiro atoms. The van der Waals surface area contributed by atoms with Gasteiger partial charge in [-0.2, -0.15) is 0 Å². The minimum atomic E-state index is -0.715. The standard InChI is InChI=1S/C20H27N3O3/c1-2-22(15-16-9-5-3-6-10-16)17(24)11-14-23-18(25)20(21-19(23)26)12-7-4-8-13-20/h3,5-6,9-10H,2,4,7-8,11-15H2,1H3,(H,21,26). The molecule has 26 heavy (non-hydrogen) atoms. The molecule has 1 saturated heterocycles. The third-order valence-corrected chi connectivity index (χ3v) is 5.45. The molecule has 1 saturated carbocycles. The Morgan fingerprint density at radius 1 is 1.15 bits per heavy atom. The van der Waals surface area contributed by atoms with Crippen LogP contribution in [0, 0.1) is 0 Å². The SMILES string of the molecule is CCN(Cc1ccccc1)C(=O)CCN1C(=O)NC2(CCCCC2)C1=O. The van der Waals surface area contributed by atoms with Crippen molar-refractivity contribution in [2.45, 2.75) is 57.5 Å². The number of imide groups is 1. The Labute approximate surface area is 154 Å². The molecule has 1 aromatic rings. The minimum Gasteiger partial charge on any atom is -0.339 e. The summed E-state index contributed by atoms with van der Waals surface area (Å²) in [5, 5.41) is 2.89. The van der Waals surface area contributed by atoms with Gasteiger partial charge in [-0.1, -0.05) is 49.6 Å². The Bertz CT molecular complexity index is 668. The van der Waals surface area contributed by atoms with Gasteiger partial charge in [0, 0.05) is 26.1 Å². The first-order valence-electron chi connectivity index (χ1n) is 9.51. The van der Waals surface area contributed by atoms with Gasteiger partial charge >= 0.3 is 6.03 Å². The van der Waals surface area contributed by atoms with Gasteiger partial charge in [0.15, 0.2) is 0 Å². The molecule has 1 aliphatic carbocycles. The summed E-state index contributed by atoms with van der Waals surface area (Å²) in [6, 6.07) is 9.46. The number of nitrogens with zero attached hydrogens (tertiary/aromatic N) is 2. The van der Waals surface area contributed by atoms with Crippen LogP contribution in [-0.4, -0.2) is 46.3 Å². The van der Waals surface area contributed by atoms with Crippen LogP contribution in [0.15, 0.2) is 30.3 Å².